The fourth-order valence-electron chi connectivity index (χ4n) is 2.01. The van der Waals surface area contributed by atoms with E-state index in [0.29, 0.717) is 21.6 Å². The molecule has 0 saturated heterocycles. The van der Waals surface area contributed by atoms with Gasteiger partial charge in [0, 0.05) is 18.9 Å². The van der Waals surface area contributed by atoms with Gasteiger partial charge in [-0.1, -0.05) is 49.3 Å². The second kappa shape index (κ2) is 5.65. The topological polar surface area (TPSA) is 43.8 Å². The summed E-state index contributed by atoms with van der Waals surface area (Å²) >= 11 is 17.2. The maximum Gasteiger partial charge on any atom is 0.109 e. The lowest BCUT2D eigenvalue weighted by atomic mass is 10.2. The molecule has 0 amide bonds. The number of aryl methyl sites for hydroxylation is 1. The van der Waals surface area contributed by atoms with Gasteiger partial charge < -0.3 is 10.3 Å². The highest BCUT2D eigenvalue weighted by molar-refractivity contribution is 7.80. The monoisotopic (exact) mass is 315 g/mol. The third kappa shape index (κ3) is 2.86. The van der Waals surface area contributed by atoms with Crippen molar-refractivity contribution in [2.24, 2.45) is 11.7 Å². The Morgan fingerprint density at radius 3 is 2.63 bits per heavy atom. The molecule has 2 N–H and O–H groups in total. The molecule has 0 fully saturated rings. The fourth-order valence-corrected chi connectivity index (χ4v) is 2.40. The van der Waals surface area contributed by atoms with Crippen LogP contribution in [0, 0.1) is 5.92 Å². The van der Waals surface area contributed by atoms with Gasteiger partial charge in [0.1, 0.15) is 5.82 Å². The first-order chi connectivity index (χ1) is 8.93. The van der Waals surface area contributed by atoms with Crippen LogP contribution in [0.25, 0.3) is 11.0 Å². The van der Waals surface area contributed by atoms with E-state index in [4.69, 9.17) is 41.2 Å². The number of imidazole rings is 1. The zero-order valence-corrected chi connectivity index (χ0v) is 13.1. The summed E-state index contributed by atoms with van der Waals surface area (Å²) in [5, 5.41) is 1.05. The molecule has 102 valence electrons. The minimum Gasteiger partial charge on any atom is -0.393 e. The van der Waals surface area contributed by atoms with Gasteiger partial charge in [0.05, 0.1) is 26.1 Å². The summed E-state index contributed by atoms with van der Waals surface area (Å²) < 4.78 is 2.11. The Morgan fingerprint density at radius 1 is 1.42 bits per heavy atom. The normalized spacial score (nSPS) is 12.8. The van der Waals surface area contributed by atoms with Crippen LogP contribution >= 0.6 is 35.4 Å². The number of hydrogen-bond acceptors (Lipinski definition) is 2. The number of nitrogens with zero attached hydrogens (tertiary/aromatic N) is 2. The molecule has 0 aliphatic rings. The van der Waals surface area contributed by atoms with Crippen molar-refractivity contribution in [3.63, 3.8) is 0 Å². The smallest absolute Gasteiger partial charge is 0.109 e. The lowest BCUT2D eigenvalue weighted by Crippen LogP contribution is -2.23. The third-order valence-corrected chi connectivity index (χ3v) is 4.25. The van der Waals surface area contributed by atoms with Crippen molar-refractivity contribution >= 4 is 51.4 Å². The van der Waals surface area contributed by atoms with Crippen molar-refractivity contribution in [2.45, 2.75) is 26.8 Å². The number of thiocarbonyl (C=S) groups is 1. The Bertz CT molecular complexity index is 636. The number of benzene rings is 1. The molecule has 2 rings (SSSR count). The zero-order valence-electron chi connectivity index (χ0n) is 10.8. The summed E-state index contributed by atoms with van der Waals surface area (Å²) in [6.07, 6.45) is 0.827. The minimum absolute atomic E-state index is 0.104. The predicted octanol–water partition coefficient (Wildman–Crippen LogP) is 3.83. The fraction of sp³-hybridized carbons (Fsp3) is 0.385. The molecule has 19 heavy (non-hydrogen) atoms. The molecule has 0 radical (unpaired) electrons. The van der Waals surface area contributed by atoms with Gasteiger partial charge in [-0.3, -0.25) is 0 Å². The Kier molecular flexibility index (Phi) is 4.33. The Morgan fingerprint density at radius 2 is 2.05 bits per heavy atom. The van der Waals surface area contributed by atoms with Gasteiger partial charge in [-0.25, -0.2) is 4.98 Å². The van der Waals surface area contributed by atoms with E-state index in [0.717, 1.165) is 23.3 Å². The standard InChI is InChI=1S/C13H15Cl2N3S/c1-3-12-17-10-4-8(14)9(15)5-11(10)18(12)6-7(2)13(16)19/h4-5,7H,3,6H2,1-2H3,(H2,16,19). The molecule has 0 aliphatic heterocycles. The quantitative estimate of drug-likeness (QED) is 0.872. The molecule has 1 atom stereocenters. The number of aromatic nitrogens is 2. The highest BCUT2D eigenvalue weighted by Crippen LogP contribution is 2.29. The molecule has 0 aliphatic carbocycles. The second-order valence-corrected chi connectivity index (χ2v) is 5.84. The Balaban J connectivity index is 2.56. The SMILES string of the molecule is CCc1nc2cc(Cl)c(Cl)cc2n1CC(C)C(N)=S. The van der Waals surface area contributed by atoms with E-state index in [9.17, 15) is 0 Å². The van der Waals surface area contributed by atoms with Crippen molar-refractivity contribution in [1.29, 1.82) is 0 Å². The Hall–Kier alpha value is -0.840. The van der Waals surface area contributed by atoms with Crippen molar-refractivity contribution < 1.29 is 0 Å². The molecule has 3 nitrogen and oxygen atoms in total. The van der Waals surface area contributed by atoms with Gasteiger partial charge in [-0.05, 0) is 12.1 Å². The summed E-state index contributed by atoms with van der Waals surface area (Å²) in [4.78, 5) is 5.08. The van der Waals surface area contributed by atoms with E-state index in [2.05, 4.69) is 16.5 Å². The maximum atomic E-state index is 6.09. The molecule has 1 unspecified atom stereocenters. The summed E-state index contributed by atoms with van der Waals surface area (Å²) in [7, 11) is 0. The molecular weight excluding hydrogens is 301 g/mol. The lowest BCUT2D eigenvalue weighted by molar-refractivity contribution is 0.589. The van der Waals surface area contributed by atoms with Crippen LogP contribution in [0.15, 0.2) is 12.1 Å². The van der Waals surface area contributed by atoms with Crippen LogP contribution in [0.2, 0.25) is 10.0 Å². The average molecular weight is 316 g/mol. The number of nitrogens with two attached hydrogens (primary N) is 1. The van der Waals surface area contributed by atoms with Crippen LogP contribution in [0.5, 0.6) is 0 Å². The van der Waals surface area contributed by atoms with Crippen molar-refractivity contribution in [1.82, 2.24) is 9.55 Å². The van der Waals surface area contributed by atoms with Crippen molar-refractivity contribution in [2.75, 3.05) is 0 Å². The van der Waals surface area contributed by atoms with Crippen LogP contribution in [0.1, 0.15) is 19.7 Å². The van der Waals surface area contributed by atoms with Crippen molar-refractivity contribution in [3.05, 3.63) is 28.0 Å². The largest absolute Gasteiger partial charge is 0.393 e. The molecule has 2 aromatic rings. The Labute approximate surface area is 127 Å². The number of fused-ring (bicyclic) bond motifs is 1. The first-order valence-electron chi connectivity index (χ1n) is 6.07. The van der Waals surface area contributed by atoms with E-state index in [1.807, 2.05) is 13.0 Å². The van der Waals surface area contributed by atoms with Gasteiger partial charge in [0.2, 0.25) is 0 Å². The number of rotatable bonds is 4. The second-order valence-electron chi connectivity index (χ2n) is 4.55. The van der Waals surface area contributed by atoms with E-state index >= 15 is 0 Å². The number of hydrogen-bond donors (Lipinski definition) is 1. The maximum absolute atomic E-state index is 6.09. The van der Waals surface area contributed by atoms with Gasteiger partial charge in [-0.15, -0.1) is 0 Å². The van der Waals surface area contributed by atoms with Gasteiger partial charge in [0.25, 0.3) is 0 Å². The minimum atomic E-state index is 0.104. The van der Waals surface area contributed by atoms with E-state index < -0.39 is 0 Å². The van der Waals surface area contributed by atoms with Crippen LogP contribution in [-0.2, 0) is 13.0 Å². The molecule has 6 heteroatoms. The van der Waals surface area contributed by atoms with E-state index in [1.54, 1.807) is 6.07 Å². The first-order valence-corrected chi connectivity index (χ1v) is 7.24. The van der Waals surface area contributed by atoms with Crippen LogP contribution in [-0.4, -0.2) is 14.5 Å². The summed E-state index contributed by atoms with van der Waals surface area (Å²) in [5.41, 5.74) is 7.51. The third-order valence-electron chi connectivity index (χ3n) is 3.13. The predicted molar refractivity (Wildman–Crippen MR) is 85.1 cm³/mol. The summed E-state index contributed by atoms with van der Waals surface area (Å²) in [6, 6.07) is 3.64. The molecular formula is C13H15Cl2N3S. The zero-order chi connectivity index (χ0) is 14.2. The number of halogens is 2. The van der Waals surface area contributed by atoms with Gasteiger partial charge >= 0.3 is 0 Å². The summed E-state index contributed by atoms with van der Waals surface area (Å²) in [6.45, 7) is 4.77. The van der Waals surface area contributed by atoms with E-state index in [1.165, 1.54) is 0 Å². The van der Waals surface area contributed by atoms with Gasteiger partial charge in [0.15, 0.2) is 0 Å². The van der Waals surface area contributed by atoms with E-state index in [-0.39, 0.29) is 5.92 Å². The average Bonchev–Trinajstić information content (AvgIpc) is 2.67. The molecule has 1 aromatic heterocycles. The van der Waals surface area contributed by atoms with Crippen LogP contribution < -0.4 is 5.73 Å². The molecule has 1 aromatic carbocycles. The molecule has 0 bridgehead atoms. The van der Waals surface area contributed by atoms with Crippen LogP contribution in [0.3, 0.4) is 0 Å². The highest BCUT2D eigenvalue weighted by atomic mass is 35.5. The lowest BCUT2D eigenvalue weighted by Gasteiger charge is -2.13. The molecule has 1 heterocycles. The summed E-state index contributed by atoms with van der Waals surface area (Å²) in [5.74, 6) is 1.09. The molecule has 0 spiro atoms. The van der Waals surface area contributed by atoms with Crippen LogP contribution in [0.4, 0.5) is 0 Å². The van der Waals surface area contributed by atoms with Gasteiger partial charge in [-0.2, -0.15) is 0 Å². The van der Waals surface area contributed by atoms with Crippen molar-refractivity contribution in [3.8, 4) is 0 Å². The molecule has 0 saturated carbocycles. The highest BCUT2D eigenvalue weighted by Gasteiger charge is 2.15. The first kappa shape index (κ1) is 14.6.